The molecule has 1 fully saturated rings. The average Bonchev–Trinajstić information content (AvgIpc) is 2.72. The lowest BCUT2D eigenvalue weighted by Crippen LogP contribution is -2.44. The van der Waals surface area contributed by atoms with Crippen LogP contribution in [0.15, 0.2) is 0 Å². The van der Waals surface area contributed by atoms with Crippen LogP contribution < -0.4 is 10.6 Å². The van der Waals surface area contributed by atoms with E-state index in [4.69, 9.17) is 5.73 Å². The van der Waals surface area contributed by atoms with Crippen LogP contribution in [0, 0.1) is 0 Å². The van der Waals surface area contributed by atoms with Crippen LogP contribution in [-0.2, 0) is 13.0 Å². The van der Waals surface area contributed by atoms with E-state index in [9.17, 15) is 0 Å². The van der Waals surface area contributed by atoms with Crippen molar-refractivity contribution in [3.8, 4) is 0 Å². The molecule has 1 saturated heterocycles. The van der Waals surface area contributed by atoms with Gasteiger partial charge in [0, 0.05) is 32.1 Å². The lowest BCUT2D eigenvalue weighted by atomic mass is 10.1. The number of hydrogen-bond donors (Lipinski definition) is 1. The maximum absolute atomic E-state index is 6.01. The van der Waals surface area contributed by atoms with Gasteiger partial charge in [0.1, 0.15) is 5.82 Å². The molecule has 2 N–H and O–H groups in total. The third-order valence-electron chi connectivity index (χ3n) is 3.58. The Morgan fingerprint density at radius 2 is 1.89 bits per heavy atom. The second kappa shape index (κ2) is 6.59. The van der Waals surface area contributed by atoms with Gasteiger partial charge >= 0.3 is 0 Å². The topological polar surface area (TPSA) is 60.0 Å². The predicted octanol–water partition coefficient (Wildman–Crippen LogP) is 1.39. The molecule has 3 rings (SSSR count). The van der Waals surface area contributed by atoms with Gasteiger partial charge in [0.2, 0.25) is 5.95 Å². The molecular formula is C11H21Cl2N5. The third-order valence-corrected chi connectivity index (χ3v) is 3.58. The molecule has 1 unspecified atom stereocenters. The van der Waals surface area contributed by atoms with Gasteiger partial charge in [0.25, 0.3) is 0 Å². The quantitative estimate of drug-likeness (QED) is 0.850. The zero-order chi connectivity index (χ0) is 11.0. The number of anilines is 1. The van der Waals surface area contributed by atoms with Gasteiger partial charge in [-0.15, -0.1) is 35.0 Å². The van der Waals surface area contributed by atoms with Gasteiger partial charge in [-0.2, -0.15) is 0 Å². The smallest absolute Gasteiger partial charge is 0.227 e. The molecule has 0 spiro atoms. The highest BCUT2D eigenvalue weighted by atomic mass is 35.5. The molecule has 2 aliphatic rings. The van der Waals surface area contributed by atoms with Gasteiger partial charge in [-0.3, -0.25) is 4.57 Å². The average molecular weight is 294 g/mol. The summed E-state index contributed by atoms with van der Waals surface area (Å²) in [7, 11) is 0. The predicted molar refractivity (Wildman–Crippen MR) is 76.9 cm³/mol. The molecule has 3 heterocycles. The third kappa shape index (κ3) is 2.90. The number of nitrogens with zero attached hydrogens (tertiary/aromatic N) is 4. The SMILES string of the molecule is Cl.Cl.NC1CCCN(c2nnc3n2CCCC3)C1. The van der Waals surface area contributed by atoms with Gasteiger partial charge in [-0.25, -0.2) is 0 Å². The number of halogens is 2. The minimum atomic E-state index is 0. The van der Waals surface area contributed by atoms with Gasteiger partial charge in [-0.1, -0.05) is 0 Å². The normalized spacial score (nSPS) is 22.7. The van der Waals surface area contributed by atoms with Crippen molar-refractivity contribution < 1.29 is 0 Å². The number of hydrogen-bond acceptors (Lipinski definition) is 4. The monoisotopic (exact) mass is 293 g/mol. The Morgan fingerprint density at radius 3 is 2.67 bits per heavy atom. The van der Waals surface area contributed by atoms with Crippen LogP contribution in [-0.4, -0.2) is 33.9 Å². The summed E-state index contributed by atoms with van der Waals surface area (Å²) in [6.07, 6.45) is 5.88. The van der Waals surface area contributed by atoms with E-state index < -0.39 is 0 Å². The van der Waals surface area contributed by atoms with Crippen LogP contribution in [0.25, 0.3) is 0 Å². The molecule has 0 aliphatic carbocycles. The van der Waals surface area contributed by atoms with Crippen LogP contribution in [0.2, 0.25) is 0 Å². The molecule has 0 amide bonds. The van der Waals surface area contributed by atoms with E-state index in [0.717, 1.165) is 44.2 Å². The molecule has 7 heteroatoms. The number of fused-ring (bicyclic) bond motifs is 1. The van der Waals surface area contributed by atoms with Crippen molar-refractivity contribution in [1.82, 2.24) is 14.8 Å². The lowest BCUT2D eigenvalue weighted by Gasteiger charge is -2.32. The number of nitrogens with two attached hydrogens (primary N) is 1. The highest BCUT2D eigenvalue weighted by Crippen LogP contribution is 2.22. The second-order valence-corrected chi connectivity index (χ2v) is 4.87. The van der Waals surface area contributed by atoms with E-state index in [1.54, 1.807) is 0 Å². The van der Waals surface area contributed by atoms with Crippen molar-refractivity contribution in [2.24, 2.45) is 5.73 Å². The van der Waals surface area contributed by atoms with Crippen molar-refractivity contribution in [3.05, 3.63) is 5.82 Å². The molecule has 1 aromatic rings. The van der Waals surface area contributed by atoms with Crippen molar-refractivity contribution in [2.75, 3.05) is 18.0 Å². The van der Waals surface area contributed by atoms with Crippen LogP contribution >= 0.6 is 24.8 Å². The maximum atomic E-state index is 6.01. The zero-order valence-corrected chi connectivity index (χ0v) is 12.0. The second-order valence-electron chi connectivity index (χ2n) is 4.87. The molecule has 0 saturated carbocycles. The molecule has 1 aromatic heterocycles. The first-order valence-corrected chi connectivity index (χ1v) is 6.27. The summed E-state index contributed by atoms with van der Waals surface area (Å²) in [5.74, 6) is 2.20. The highest BCUT2D eigenvalue weighted by molar-refractivity contribution is 5.85. The summed E-state index contributed by atoms with van der Waals surface area (Å²) in [6, 6.07) is 0.297. The Balaban J connectivity index is 0.000000810. The fraction of sp³-hybridized carbons (Fsp3) is 0.818. The molecule has 0 aromatic carbocycles. The van der Waals surface area contributed by atoms with Crippen molar-refractivity contribution in [2.45, 2.75) is 44.7 Å². The molecular weight excluding hydrogens is 273 g/mol. The van der Waals surface area contributed by atoms with Crippen molar-refractivity contribution in [3.63, 3.8) is 0 Å². The summed E-state index contributed by atoms with van der Waals surface area (Å²) in [4.78, 5) is 2.30. The zero-order valence-electron chi connectivity index (χ0n) is 10.4. The lowest BCUT2D eigenvalue weighted by molar-refractivity contribution is 0.476. The first-order chi connectivity index (χ1) is 7.84. The summed E-state index contributed by atoms with van der Waals surface area (Å²) in [5, 5.41) is 8.63. The van der Waals surface area contributed by atoms with Crippen LogP contribution in [0.1, 0.15) is 31.5 Å². The Hall–Kier alpha value is -0.520. The fourth-order valence-corrected chi connectivity index (χ4v) is 2.72. The minimum Gasteiger partial charge on any atom is -0.339 e. The summed E-state index contributed by atoms with van der Waals surface area (Å²) in [5.41, 5.74) is 6.01. The van der Waals surface area contributed by atoms with Gasteiger partial charge in [0.05, 0.1) is 0 Å². The van der Waals surface area contributed by atoms with E-state index in [1.807, 2.05) is 0 Å². The number of piperidine rings is 1. The minimum absolute atomic E-state index is 0. The maximum Gasteiger partial charge on any atom is 0.227 e. The Bertz CT molecular complexity index is 382. The number of aromatic nitrogens is 3. The number of aryl methyl sites for hydroxylation is 1. The van der Waals surface area contributed by atoms with E-state index in [2.05, 4.69) is 19.7 Å². The molecule has 18 heavy (non-hydrogen) atoms. The first kappa shape index (κ1) is 15.5. The van der Waals surface area contributed by atoms with Crippen LogP contribution in [0.4, 0.5) is 5.95 Å². The van der Waals surface area contributed by atoms with E-state index in [-0.39, 0.29) is 24.8 Å². The van der Waals surface area contributed by atoms with E-state index in [1.165, 1.54) is 19.3 Å². The molecule has 0 bridgehead atoms. The number of rotatable bonds is 1. The molecule has 5 nitrogen and oxygen atoms in total. The van der Waals surface area contributed by atoms with Crippen LogP contribution in [0.3, 0.4) is 0 Å². The molecule has 2 aliphatic heterocycles. The van der Waals surface area contributed by atoms with Gasteiger partial charge < -0.3 is 10.6 Å². The standard InChI is InChI=1S/C11H19N5.2ClH/c12-9-4-3-6-15(8-9)11-14-13-10-5-1-2-7-16(10)11;;/h9H,1-8,12H2;2*1H. The Labute approximate surface area is 120 Å². The van der Waals surface area contributed by atoms with E-state index >= 15 is 0 Å². The van der Waals surface area contributed by atoms with Crippen molar-refractivity contribution in [1.29, 1.82) is 0 Å². The Morgan fingerprint density at radius 1 is 1.06 bits per heavy atom. The molecule has 104 valence electrons. The van der Waals surface area contributed by atoms with Crippen molar-refractivity contribution >= 4 is 30.8 Å². The van der Waals surface area contributed by atoms with Gasteiger partial charge in [-0.05, 0) is 25.7 Å². The summed E-state index contributed by atoms with van der Waals surface area (Å²) >= 11 is 0. The van der Waals surface area contributed by atoms with Gasteiger partial charge in [0.15, 0.2) is 0 Å². The van der Waals surface area contributed by atoms with E-state index in [0.29, 0.717) is 6.04 Å². The first-order valence-electron chi connectivity index (χ1n) is 6.27. The molecule has 0 radical (unpaired) electrons. The molecule has 1 atom stereocenters. The largest absolute Gasteiger partial charge is 0.339 e. The Kier molecular flexibility index (Phi) is 5.69. The summed E-state index contributed by atoms with van der Waals surface area (Å²) < 4.78 is 2.28. The fourth-order valence-electron chi connectivity index (χ4n) is 2.72. The highest BCUT2D eigenvalue weighted by Gasteiger charge is 2.24. The van der Waals surface area contributed by atoms with Crippen LogP contribution in [0.5, 0.6) is 0 Å². The summed E-state index contributed by atoms with van der Waals surface area (Å²) in [6.45, 7) is 3.08.